The molecule has 0 aromatic heterocycles. The summed E-state index contributed by atoms with van der Waals surface area (Å²) in [6.45, 7) is 6.51. The van der Waals surface area contributed by atoms with Crippen molar-refractivity contribution in [3.05, 3.63) is 82.4 Å². The van der Waals surface area contributed by atoms with Crippen LogP contribution < -0.4 is 11.0 Å². The van der Waals surface area contributed by atoms with Gasteiger partial charge >= 0.3 is 0 Å². The van der Waals surface area contributed by atoms with E-state index >= 15 is 0 Å². The SMILES string of the molecule is CC(CCN1CC=C(c2ccc(C#CC#CCCCO)c(F)c2)CC1)(C(=O)NO)S(C)(=O)=O.CC(CCN1CC=C(c2ccc(C#CC#CCCCO)c(F)c2)CC1)(C(=O)NOC1CCCCO1)S(C)(=O)=O. The van der Waals surface area contributed by atoms with E-state index in [2.05, 4.69) is 57.7 Å². The van der Waals surface area contributed by atoms with Gasteiger partial charge < -0.3 is 14.9 Å². The second-order valence-corrected chi connectivity index (χ2v) is 22.9. The van der Waals surface area contributed by atoms with Gasteiger partial charge in [-0.2, -0.15) is 0 Å². The van der Waals surface area contributed by atoms with E-state index in [1.165, 1.54) is 31.5 Å². The summed E-state index contributed by atoms with van der Waals surface area (Å²) in [5.74, 6) is 19.1. The van der Waals surface area contributed by atoms with Crippen molar-refractivity contribution >= 4 is 42.6 Å². The molecule has 72 heavy (non-hydrogen) atoms. The third kappa shape index (κ3) is 17.7. The first-order valence-corrected chi connectivity index (χ1v) is 27.6. The number of nitrogens with zero attached hydrogens (tertiary/aromatic N) is 2. The van der Waals surface area contributed by atoms with Crippen molar-refractivity contribution in [2.45, 2.75) is 100 Å². The number of aliphatic hydroxyl groups excluding tert-OH is 2. The maximum absolute atomic E-state index is 14.6. The lowest BCUT2D eigenvalue weighted by Gasteiger charge is -2.32. The molecule has 3 heterocycles. The highest BCUT2D eigenvalue weighted by Crippen LogP contribution is 2.29. The van der Waals surface area contributed by atoms with Crippen LogP contribution in [0.3, 0.4) is 0 Å². The van der Waals surface area contributed by atoms with Gasteiger partial charge in [-0.1, -0.05) is 36.1 Å². The number of unbranched alkanes of at least 4 members (excludes halogenated alkanes) is 2. The van der Waals surface area contributed by atoms with Crippen molar-refractivity contribution in [3.8, 4) is 47.4 Å². The number of hydrogen-bond acceptors (Lipinski definition) is 13. The van der Waals surface area contributed by atoms with E-state index in [1.807, 2.05) is 23.1 Å². The number of carbonyl (C=O) groups excluding carboxylic acids is 2. The van der Waals surface area contributed by atoms with Crippen LogP contribution in [0.25, 0.3) is 11.1 Å². The van der Waals surface area contributed by atoms with Gasteiger partial charge in [0.25, 0.3) is 11.8 Å². The largest absolute Gasteiger partial charge is 0.396 e. The van der Waals surface area contributed by atoms with E-state index in [1.54, 1.807) is 18.2 Å². The molecule has 5 rings (SSSR count). The predicted octanol–water partition coefficient (Wildman–Crippen LogP) is 4.55. The first kappa shape index (κ1) is 59.1. The summed E-state index contributed by atoms with van der Waals surface area (Å²) >= 11 is 0. The summed E-state index contributed by atoms with van der Waals surface area (Å²) in [4.78, 5) is 34.2. The number of hydroxylamine groups is 2. The minimum atomic E-state index is -3.74. The Bertz CT molecular complexity index is 2770. The Balaban J connectivity index is 0.000000317. The third-order valence-corrected chi connectivity index (χ3v) is 16.9. The summed E-state index contributed by atoms with van der Waals surface area (Å²) in [7, 11) is -7.48. The molecular weight excluding hydrogens is 971 g/mol. The molecule has 1 saturated heterocycles. The molecule has 2 aromatic carbocycles. The van der Waals surface area contributed by atoms with Gasteiger partial charge in [0.15, 0.2) is 35.5 Å². The van der Waals surface area contributed by atoms with Crippen molar-refractivity contribution in [2.75, 3.05) is 71.6 Å². The van der Waals surface area contributed by atoms with Gasteiger partial charge in [-0.25, -0.2) is 41.4 Å². The lowest BCUT2D eigenvalue weighted by molar-refractivity contribution is -0.201. The average Bonchev–Trinajstić information content (AvgIpc) is 3.36. The summed E-state index contributed by atoms with van der Waals surface area (Å²) in [5, 5.41) is 26.4. The van der Waals surface area contributed by atoms with Gasteiger partial charge in [0, 0.05) is 90.9 Å². The molecule has 2 aromatic rings. The minimum Gasteiger partial charge on any atom is -0.396 e. The lowest BCUT2D eigenvalue weighted by atomic mass is 9.97. The van der Waals surface area contributed by atoms with Crippen molar-refractivity contribution in [1.29, 1.82) is 0 Å². The molecule has 3 aliphatic heterocycles. The fourth-order valence-electron chi connectivity index (χ4n) is 7.56. The van der Waals surface area contributed by atoms with Crippen LogP contribution in [0.1, 0.15) is 107 Å². The minimum absolute atomic E-state index is 0.0340. The molecule has 0 bridgehead atoms. The quantitative estimate of drug-likeness (QED) is 0.0602. The van der Waals surface area contributed by atoms with Crippen LogP contribution in [-0.2, 0) is 38.8 Å². The smallest absolute Gasteiger partial charge is 0.264 e. The Labute approximate surface area is 423 Å². The highest BCUT2D eigenvalue weighted by molar-refractivity contribution is 7.93. The first-order valence-electron chi connectivity index (χ1n) is 23.8. The van der Waals surface area contributed by atoms with Crippen molar-refractivity contribution in [3.63, 3.8) is 0 Å². The molecule has 2 amide bonds. The van der Waals surface area contributed by atoms with Gasteiger partial charge in [0.05, 0.1) is 11.1 Å². The van der Waals surface area contributed by atoms with Gasteiger partial charge in [-0.05, 0) is 147 Å². The highest BCUT2D eigenvalue weighted by Gasteiger charge is 2.45. The van der Waals surface area contributed by atoms with Gasteiger partial charge in [0.1, 0.15) is 11.6 Å². The van der Waals surface area contributed by atoms with Crippen molar-refractivity contribution < 1.29 is 60.2 Å². The van der Waals surface area contributed by atoms with E-state index in [4.69, 9.17) is 25.0 Å². The lowest BCUT2D eigenvalue weighted by Crippen LogP contribution is -2.52. The second-order valence-electron chi connectivity index (χ2n) is 18.0. The Kier molecular flexibility index (Phi) is 23.6. The Morgan fingerprint density at radius 3 is 1.60 bits per heavy atom. The van der Waals surface area contributed by atoms with Crippen LogP contribution in [0.4, 0.5) is 8.78 Å². The number of amides is 2. The number of carbonyl (C=O) groups is 2. The molecule has 5 N–H and O–H groups in total. The van der Waals surface area contributed by atoms with Crippen LogP contribution in [0.15, 0.2) is 48.6 Å². The van der Waals surface area contributed by atoms with Crippen molar-refractivity contribution in [1.82, 2.24) is 20.8 Å². The number of sulfone groups is 2. The fourth-order valence-corrected chi connectivity index (χ4v) is 9.24. The summed E-state index contributed by atoms with van der Waals surface area (Å²) in [6, 6.07) is 9.79. The monoisotopic (exact) mass is 1040 g/mol. The van der Waals surface area contributed by atoms with Crippen LogP contribution in [-0.4, -0.2) is 141 Å². The fraction of sp³-hybridized carbons (Fsp3) is 0.509. The number of hydrogen-bond donors (Lipinski definition) is 5. The van der Waals surface area contributed by atoms with Crippen LogP contribution >= 0.6 is 0 Å². The molecular formula is C53H66F2N4O11S2. The molecule has 0 spiro atoms. The normalized spacial score (nSPS) is 17.8. The van der Waals surface area contributed by atoms with Gasteiger partial charge in [-0.3, -0.25) is 24.6 Å². The molecule has 3 atom stereocenters. The number of aliphatic hydroxyl groups is 2. The zero-order valence-electron chi connectivity index (χ0n) is 41.4. The second kappa shape index (κ2) is 28.7. The van der Waals surface area contributed by atoms with Crippen LogP contribution in [0.2, 0.25) is 0 Å². The number of rotatable bonds is 18. The van der Waals surface area contributed by atoms with Gasteiger partial charge in [-0.15, -0.1) is 0 Å². The summed E-state index contributed by atoms with van der Waals surface area (Å²) in [6.07, 6.45) is 11.6. The molecule has 3 aliphatic rings. The van der Waals surface area contributed by atoms with Crippen molar-refractivity contribution in [2.24, 2.45) is 0 Å². The zero-order valence-corrected chi connectivity index (χ0v) is 43.0. The Morgan fingerprint density at radius 1 is 0.750 bits per heavy atom. The van der Waals surface area contributed by atoms with E-state index in [0.29, 0.717) is 90.8 Å². The molecule has 0 aliphatic carbocycles. The van der Waals surface area contributed by atoms with Crippen LogP contribution in [0, 0.1) is 59.0 Å². The molecule has 0 radical (unpaired) electrons. The third-order valence-electron chi connectivity index (χ3n) is 12.8. The topological polar surface area (TPSA) is 212 Å². The average molecular weight is 1040 g/mol. The first-order chi connectivity index (χ1) is 34.3. The Morgan fingerprint density at radius 2 is 1.22 bits per heavy atom. The van der Waals surface area contributed by atoms with E-state index < -0.39 is 58.9 Å². The maximum atomic E-state index is 14.6. The van der Waals surface area contributed by atoms with E-state index in [-0.39, 0.29) is 37.2 Å². The van der Waals surface area contributed by atoms with Gasteiger partial charge in [0.2, 0.25) is 0 Å². The molecule has 0 saturated carbocycles. The molecule has 390 valence electrons. The number of benzene rings is 2. The molecule has 15 nitrogen and oxygen atoms in total. The molecule has 1 fully saturated rings. The highest BCUT2D eigenvalue weighted by atomic mass is 32.2. The maximum Gasteiger partial charge on any atom is 0.264 e. The molecule has 19 heteroatoms. The molecule has 3 unspecified atom stereocenters. The summed E-state index contributed by atoms with van der Waals surface area (Å²) < 4.78 is 80.5. The number of ether oxygens (including phenoxy) is 1. The van der Waals surface area contributed by atoms with E-state index in [9.17, 15) is 35.2 Å². The predicted molar refractivity (Wildman–Crippen MR) is 271 cm³/mol. The number of nitrogens with one attached hydrogen (secondary N) is 2. The zero-order chi connectivity index (χ0) is 52.8. The standard InChI is InChI=1S/C29H37FN2O6S.C24H29FN2O5S/c1-29(39(2,35)36,28(34)31-38-27-11-7-9-21-37-27)16-19-32-17-14-23(15-18-32)25-13-12-24(26(30)22-25)10-6-4-3-5-8-20-33;1-24(23(29)26-30,33(2,31)32)13-16-27-14-11-19(12-15-27)21-10-9-20(22(25)18-21)8-6-4-3-5-7-17-28/h12-14,22,27,33H,5,7-9,11,15-21H2,1-2H3,(H,31,34);9-11,18,28,30H,5,7,12-17H2,1-2H3,(H,26,29). The number of halogens is 2. The Hall–Kier alpha value is -5.42. The van der Waals surface area contributed by atoms with E-state index in [0.717, 1.165) is 47.6 Å². The van der Waals surface area contributed by atoms with Crippen LogP contribution in [0.5, 0.6) is 0 Å². The summed E-state index contributed by atoms with van der Waals surface area (Å²) in [5.41, 5.74) is 7.80.